The van der Waals surface area contributed by atoms with Crippen molar-refractivity contribution < 1.29 is 0 Å². The first-order chi connectivity index (χ1) is 33.7. The molecule has 0 amide bonds. The van der Waals surface area contributed by atoms with Gasteiger partial charge in [-0.25, -0.2) is 0 Å². The SMILES string of the molecule is c1ccc(-c2ccc(-c3ccc(C4(c5ccc(-c6ccccc6)cc5)c5ccccc5-c5ccc(N(c6ccc(-c7ccccc7)cc6)c6ccc(-c7ccccc7)cc6)cc54)cc3)cc2)cc1. The molecule has 0 bridgehead atoms. The molecular weight excluding hydrogens is 819 g/mol. The maximum atomic E-state index is 2.47. The summed E-state index contributed by atoms with van der Waals surface area (Å²) in [7, 11) is 0. The van der Waals surface area contributed by atoms with Crippen LogP contribution in [0.25, 0.3) is 66.8 Å². The Morgan fingerprint density at radius 3 is 0.868 bits per heavy atom. The topological polar surface area (TPSA) is 3.24 Å². The molecule has 0 heterocycles. The highest BCUT2D eigenvalue weighted by atomic mass is 15.1. The number of anilines is 3. The van der Waals surface area contributed by atoms with Gasteiger partial charge in [0.15, 0.2) is 0 Å². The molecule has 0 N–H and O–H groups in total. The summed E-state index contributed by atoms with van der Waals surface area (Å²) < 4.78 is 0. The second kappa shape index (κ2) is 17.5. The largest absolute Gasteiger partial charge is 0.310 e. The lowest BCUT2D eigenvalue weighted by Crippen LogP contribution is -2.28. The smallest absolute Gasteiger partial charge is 0.0714 e. The van der Waals surface area contributed by atoms with Crippen LogP contribution in [-0.2, 0) is 5.41 Å². The summed E-state index contributed by atoms with van der Waals surface area (Å²) in [5.74, 6) is 0. The molecule has 1 aliphatic carbocycles. The van der Waals surface area contributed by atoms with E-state index in [0.717, 1.165) is 17.1 Å². The van der Waals surface area contributed by atoms with E-state index in [1.54, 1.807) is 0 Å². The Hall–Kier alpha value is -8.78. The molecule has 12 rings (SSSR count). The number of fused-ring (bicyclic) bond motifs is 3. The van der Waals surface area contributed by atoms with Crippen molar-refractivity contribution >= 4 is 17.1 Å². The molecule has 1 unspecified atom stereocenters. The van der Waals surface area contributed by atoms with Crippen LogP contribution >= 0.6 is 0 Å². The van der Waals surface area contributed by atoms with E-state index in [2.05, 4.69) is 290 Å². The highest BCUT2D eigenvalue weighted by molar-refractivity contribution is 5.90. The zero-order valence-corrected chi connectivity index (χ0v) is 37.6. The molecule has 320 valence electrons. The van der Waals surface area contributed by atoms with Crippen molar-refractivity contribution in [2.24, 2.45) is 0 Å². The van der Waals surface area contributed by atoms with Gasteiger partial charge < -0.3 is 4.90 Å². The first-order valence-electron chi connectivity index (χ1n) is 23.5. The maximum absolute atomic E-state index is 2.47. The highest BCUT2D eigenvalue weighted by Crippen LogP contribution is 2.57. The van der Waals surface area contributed by atoms with Gasteiger partial charge in [-0.05, 0) is 125 Å². The fourth-order valence-electron chi connectivity index (χ4n) is 10.5. The molecule has 0 spiro atoms. The van der Waals surface area contributed by atoms with Crippen LogP contribution in [0.1, 0.15) is 22.3 Å². The third kappa shape index (κ3) is 7.32. The molecule has 0 aromatic heterocycles. The molecule has 0 saturated heterocycles. The molecule has 1 atom stereocenters. The monoisotopic (exact) mass is 865 g/mol. The van der Waals surface area contributed by atoms with Crippen molar-refractivity contribution in [3.63, 3.8) is 0 Å². The molecule has 1 heteroatoms. The van der Waals surface area contributed by atoms with E-state index < -0.39 is 5.41 Å². The Labute approximate surface area is 399 Å². The maximum Gasteiger partial charge on any atom is 0.0714 e. The van der Waals surface area contributed by atoms with Crippen LogP contribution in [0.2, 0.25) is 0 Å². The molecule has 1 aliphatic rings. The van der Waals surface area contributed by atoms with E-state index in [9.17, 15) is 0 Å². The average Bonchev–Trinajstić information content (AvgIpc) is 3.73. The molecule has 0 aliphatic heterocycles. The fraction of sp³-hybridized carbons (Fsp3) is 0.0149. The van der Waals surface area contributed by atoms with Crippen molar-refractivity contribution in [1.82, 2.24) is 0 Å². The van der Waals surface area contributed by atoms with Crippen LogP contribution in [0.15, 0.2) is 285 Å². The van der Waals surface area contributed by atoms with Crippen molar-refractivity contribution in [2.45, 2.75) is 5.41 Å². The molecule has 68 heavy (non-hydrogen) atoms. The molecule has 1 nitrogen and oxygen atoms in total. The van der Waals surface area contributed by atoms with Crippen LogP contribution < -0.4 is 4.90 Å². The minimum atomic E-state index is -0.618. The Bertz CT molecular complexity index is 3390. The number of rotatable bonds is 10. The second-order valence-corrected chi connectivity index (χ2v) is 17.7. The first kappa shape index (κ1) is 40.7. The number of hydrogen-bond donors (Lipinski definition) is 0. The van der Waals surface area contributed by atoms with Gasteiger partial charge in [-0.3, -0.25) is 0 Å². The summed E-state index contributed by atoms with van der Waals surface area (Å²) in [6.45, 7) is 0. The minimum absolute atomic E-state index is 0.618. The Balaban J connectivity index is 1.03. The van der Waals surface area contributed by atoms with Crippen LogP contribution in [-0.4, -0.2) is 0 Å². The summed E-state index contributed by atoms with van der Waals surface area (Å²) in [5, 5.41) is 0. The van der Waals surface area contributed by atoms with Gasteiger partial charge in [0.05, 0.1) is 5.41 Å². The highest BCUT2D eigenvalue weighted by Gasteiger charge is 2.46. The molecule has 11 aromatic rings. The van der Waals surface area contributed by atoms with Gasteiger partial charge in [0.2, 0.25) is 0 Å². The van der Waals surface area contributed by atoms with Crippen molar-refractivity contribution in [2.75, 3.05) is 4.90 Å². The van der Waals surface area contributed by atoms with E-state index in [1.165, 1.54) is 89.0 Å². The van der Waals surface area contributed by atoms with Crippen LogP contribution in [0.5, 0.6) is 0 Å². The summed E-state index contributed by atoms with van der Waals surface area (Å²) in [5.41, 5.74) is 22.2. The van der Waals surface area contributed by atoms with Gasteiger partial charge in [-0.15, -0.1) is 0 Å². The molecular formula is C67H47N. The normalized spacial score (nSPS) is 13.6. The van der Waals surface area contributed by atoms with E-state index >= 15 is 0 Å². The Morgan fingerprint density at radius 1 is 0.206 bits per heavy atom. The van der Waals surface area contributed by atoms with Gasteiger partial charge in [-0.2, -0.15) is 0 Å². The van der Waals surface area contributed by atoms with Crippen molar-refractivity contribution in [3.05, 3.63) is 307 Å². The van der Waals surface area contributed by atoms with Crippen LogP contribution in [0, 0.1) is 0 Å². The molecule has 0 radical (unpaired) electrons. The summed E-state index contributed by atoms with van der Waals surface area (Å²) in [4.78, 5) is 2.41. The zero-order chi connectivity index (χ0) is 45.3. The van der Waals surface area contributed by atoms with E-state index in [-0.39, 0.29) is 0 Å². The lowest BCUT2D eigenvalue weighted by molar-refractivity contribution is 0.768. The number of hydrogen-bond acceptors (Lipinski definition) is 1. The summed E-state index contributed by atoms with van der Waals surface area (Å²) in [6, 6.07) is 104. The summed E-state index contributed by atoms with van der Waals surface area (Å²) in [6.07, 6.45) is 0. The predicted octanol–water partition coefficient (Wildman–Crippen LogP) is 17.9. The van der Waals surface area contributed by atoms with Crippen molar-refractivity contribution in [1.29, 1.82) is 0 Å². The number of benzene rings is 11. The summed E-state index contributed by atoms with van der Waals surface area (Å²) >= 11 is 0. The fourth-order valence-corrected chi connectivity index (χ4v) is 10.5. The third-order valence-electron chi connectivity index (χ3n) is 13.8. The standard InChI is InChI=1S/C67H47N/c1-5-15-48(16-6-1)52-25-27-53(28-26-52)55-31-39-59(40-32-55)67(58-37-29-54(30-38-58)49-17-7-2-8-18-49)65-24-14-13-23-63(65)64-46-45-62(47-66(64)67)68(60-41-33-56(34-42-60)50-19-9-3-10-20-50)61-43-35-57(36-44-61)51-21-11-4-12-22-51/h1-47H. The van der Waals surface area contributed by atoms with Gasteiger partial charge in [0.25, 0.3) is 0 Å². The zero-order valence-electron chi connectivity index (χ0n) is 37.6. The van der Waals surface area contributed by atoms with E-state index in [1.807, 2.05) is 0 Å². The Morgan fingerprint density at radius 2 is 0.485 bits per heavy atom. The van der Waals surface area contributed by atoms with Crippen LogP contribution in [0.4, 0.5) is 17.1 Å². The lowest BCUT2D eigenvalue weighted by atomic mass is 9.67. The molecule has 0 fully saturated rings. The molecule has 0 saturated carbocycles. The molecule has 11 aromatic carbocycles. The first-order valence-corrected chi connectivity index (χ1v) is 23.5. The minimum Gasteiger partial charge on any atom is -0.310 e. The number of nitrogens with zero attached hydrogens (tertiary/aromatic N) is 1. The average molecular weight is 866 g/mol. The third-order valence-corrected chi connectivity index (χ3v) is 13.8. The second-order valence-electron chi connectivity index (χ2n) is 17.7. The van der Waals surface area contributed by atoms with Crippen LogP contribution in [0.3, 0.4) is 0 Å². The quantitative estimate of drug-likeness (QED) is 0.132. The van der Waals surface area contributed by atoms with Gasteiger partial charge in [0, 0.05) is 17.1 Å². The van der Waals surface area contributed by atoms with Gasteiger partial charge in [0.1, 0.15) is 0 Å². The van der Waals surface area contributed by atoms with E-state index in [4.69, 9.17) is 0 Å². The van der Waals surface area contributed by atoms with Crippen molar-refractivity contribution in [3.8, 4) is 66.8 Å². The lowest BCUT2D eigenvalue weighted by Gasteiger charge is -2.35. The van der Waals surface area contributed by atoms with Gasteiger partial charge in [-0.1, -0.05) is 249 Å². The Kier molecular flexibility index (Phi) is 10.5. The van der Waals surface area contributed by atoms with E-state index in [0.29, 0.717) is 0 Å². The predicted molar refractivity (Wildman–Crippen MR) is 286 cm³/mol. The van der Waals surface area contributed by atoms with Gasteiger partial charge >= 0.3 is 0 Å².